The zero-order valence-electron chi connectivity index (χ0n) is 21.4. The Bertz CT molecular complexity index is 1440. The topological polar surface area (TPSA) is 57.9 Å². The molecule has 3 aromatic rings. The molecule has 1 aliphatic heterocycles. The zero-order valence-corrected chi connectivity index (χ0v) is 21.4. The second kappa shape index (κ2) is 11.0. The van der Waals surface area contributed by atoms with E-state index in [0.717, 1.165) is 48.9 Å². The molecule has 0 bridgehead atoms. The highest BCUT2D eigenvalue weighted by molar-refractivity contribution is 6.09. The van der Waals surface area contributed by atoms with Crippen LogP contribution in [0.2, 0.25) is 0 Å². The Balaban J connectivity index is 1.45. The molecule has 0 radical (unpaired) electrons. The van der Waals surface area contributed by atoms with Crippen LogP contribution >= 0.6 is 0 Å². The molecule has 1 saturated heterocycles. The van der Waals surface area contributed by atoms with Crippen LogP contribution in [0.15, 0.2) is 58.5 Å². The number of nitrogens with zero attached hydrogens (tertiary/aromatic N) is 4. The van der Waals surface area contributed by atoms with Gasteiger partial charge in [-0.3, -0.25) is 4.79 Å². The third-order valence-electron chi connectivity index (χ3n) is 7.22. The summed E-state index contributed by atoms with van der Waals surface area (Å²) in [5, 5.41) is 1.02. The summed E-state index contributed by atoms with van der Waals surface area (Å²) in [5.74, 6) is -1.06. The van der Waals surface area contributed by atoms with E-state index in [2.05, 4.69) is 19.9 Å². The molecular weight excluding hydrogens is 534 g/mol. The number of benzene rings is 2. The van der Waals surface area contributed by atoms with Crippen molar-refractivity contribution in [3.8, 4) is 0 Å². The third kappa shape index (κ3) is 6.18. The summed E-state index contributed by atoms with van der Waals surface area (Å²) in [7, 11) is 0. The lowest BCUT2D eigenvalue weighted by atomic mass is 9.88. The molecule has 1 aromatic heterocycles. The number of para-hydroxylation sites is 1. The van der Waals surface area contributed by atoms with Crippen LogP contribution in [0.3, 0.4) is 0 Å². The molecule has 0 spiro atoms. The summed E-state index contributed by atoms with van der Waals surface area (Å²) >= 11 is 0. The molecule has 2 aliphatic rings. The van der Waals surface area contributed by atoms with Gasteiger partial charge < -0.3 is 4.90 Å². The van der Waals surface area contributed by atoms with Gasteiger partial charge in [0.15, 0.2) is 5.82 Å². The van der Waals surface area contributed by atoms with E-state index in [0.29, 0.717) is 42.9 Å². The Hall–Kier alpha value is -3.76. The number of rotatable bonds is 4. The standard InChI is InChI=1S/C29H26F6N4O/c30-28(31,32)20-13-19(14-21(15-20)29(33,34)35)27(40)38-23-9-3-1-7-18(23)17-36-26-16-25(39-11-5-6-12-39)22-8-2-4-10-24(22)37-26/h2,4,8,10,13-18H,1,3,5-7,9,11-12H2. The van der Waals surface area contributed by atoms with Crippen molar-refractivity contribution in [2.45, 2.75) is 50.9 Å². The molecule has 2 heterocycles. The zero-order chi connectivity index (χ0) is 28.5. The Morgan fingerprint density at radius 3 is 2.25 bits per heavy atom. The van der Waals surface area contributed by atoms with Gasteiger partial charge in [0.2, 0.25) is 0 Å². The van der Waals surface area contributed by atoms with Gasteiger partial charge in [0, 0.05) is 53.6 Å². The van der Waals surface area contributed by atoms with Crippen LogP contribution in [-0.2, 0) is 12.4 Å². The summed E-state index contributed by atoms with van der Waals surface area (Å²) in [6, 6.07) is 10.5. The number of amides is 1. The molecule has 210 valence electrons. The van der Waals surface area contributed by atoms with Gasteiger partial charge in [0.25, 0.3) is 5.91 Å². The van der Waals surface area contributed by atoms with Gasteiger partial charge in [-0.05, 0) is 56.4 Å². The Morgan fingerprint density at radius 2 is 1.57 bits per heavy atom. The van der Waals surface area contributed by atoms with Crippen LogP contribution in [0, 0.1) is 5.92 Å². The minimum atomic E-state index is -5.05. The largest absolute Gasteiger partial charge is 0.416 e. The minimum Gasteiger partial charge on any atom is -0.371 e. The molecule has 1 amide bonds. The Morgan fingerprint density at radius 1 is 0.900 bits per heavy atom. The second-order valence-electron chi connectivity index (χ2n) is 10.0. The van der Waals surface area contributed by atoms with E-state index < -0.39 is 40.9 Å². The monoisotopic (exact) mass is 560 g/mol. The molecule has 2 aromatic carbocycles. The van der Waals surface area contributed by atoms with Crippen LogP contribution in [0.5, 0.6) is 0 Å². The van der Waals surface area contributed by atoms with Crippen molar-refractivity contribution in [3.63, 3.8) is 0 Å². The minimum absolute atomic E-state index is 0.00698. The first-order valence-electron chi connectivity index (χ1n) is 13.1. The molecule has 11 heteroatoms. The Labute approximate surface area is 226 Å². The number of alkyl halides is 6. The van der Waals surface area contributed by atoms with Crippen LogP contribution < -0.4 is 4.90 Å². The molecule has 1 aliphatic carbocycles. The molecule has 1 saturated carbocycles. The van der Waals surface area contributed by atoms with Crippen molar-refractivity contribution in [1.29, 1.82) is 0 Å². The summed E-state index contributed by atoms with van der Waals surface area (Å²) in [5.41, 5.74) is -1.66. The van der Waals surface area contributed by atoms with Crippen molar-refractivity contribution < 1.29 is 31.1 Å². The van der Waals surface area contributed by atoms with Gasteiger partial charge in [0.05, 0.1) is 16.6 Å². The maximum Gasteiger partial charge on any atom is 0.416 e. The molecule has 40 heavy (non-hydrogen) atoms. The number of hydrogen-bond donors (Lipinski definition) is 0. The van der Waals surface area contributed by atoms with E-state index in [1.165, 1.54) is 0 Å². The number of fused-ring (bicyclic) bond motifs is 1. The number of hydrogen-bond acceptors (Lipinski definition) is 4. The third-order valence-corrected chi connectivity index (χ3v) is 7.22. The lowest BCUT2D eigenvalue weighted by molar-refractivity contribution is -0.143. The van der Waals surface area contributed by atoms with Crippen molar-refractivity contribution in [2.75, 3.05) is 18.0 Å². The SMILES string of the molecule is O=C(N=C1CCCCC1C=Nc1cc(N2CCCC2)c2ccccc2n1)c1cc(C(F)(F)F)cc(C(F)(F)F)c1. The summed E-state index contributed by atoms with van der Waals surface area (Å²) in [6.07, 6.45) is -3.78. The number of aromatic nitrogens is 1. The number of aliphatic imine (C=N–C) groups is 2. The second-order valence-corrected chi connectivity index (χ2v) is 10.0. The predicted molar refractivity (Wildman–Crippen MR) is 142 cm³/mol. The normalized spacial score (nSPS) is 19.7. The van der Waals surface area contributed by atoms with E-state index in [1.807, 2.05) is 30.3 Å². The van der Waals surface area contributed by atoms with Crippen molar-refractivity contribution in [2.24, 2.45) is 15.9 Å². The summed E-state index contributed by atoms with van der Waals surface area (Å²) in [4.78, 5) is 28.4. The van der Waals surface area contributed by atoms with Crippen LogP contribution in [-0.4, -0.2) is 35.9 Å². The summed E-state index contributed by atoms with van der Waals surface area (Å²) < 4.78 is 79.6. The first kappa shape index (κ1) is 27.8. The predicted octanol–water partition coefficient (Wildman–Crippen LogP) is 8.05. The fraction of sp³-hybridized carbons (Fsp3) is 0.379. The van der Waals surface area contributed by atoms with Crippen molar-refractivity contribution in [1.82, 2.24) is 4.98 Å². The molecule has 0 N–H and O–H groups in total. The quantitative estimate of drug-likeness (QED) is 0.240. The maximum atomic E-state index is 13.3. The fourth-order valence-corrected chi connectivity index (χ4v) is 5.19. The first-order chi connectivity index (χ1) is 19.0. The number of anilines is 1. The van der Waals surface area contributed by atoms with E-state index in [4.69, 9.17) is 0 Å². The fourth-order valence-electron chi connectivity index (χ4n) is 5.19. The molecule has 5 rings (SSSR count). The number of halogens is 6. The van der Waals surface area contributed by atoms with Crippen LogP contribution in [0.25, 0.3) is 10.9 Å². The van der Waals surface area contributed by atoms with Crippen LogP contribution in [0.1, 0.15) is 60.0 Å². The maximum absolute atomic E-state index is 13.3. The lowest BCUT2D eigenvalue weighted by Crippen LogP contribution is -2.22. The van der Waals surface area contributed by atoms with Crippen molar-refractivity contribution >= 4 is 40.2 Å². The van der Waals surface area contributed by atoms with E-state index >= 15 is 0 Å². The highest BCUT2D eigenvalue weighted by atomic mass is 19.4. The average Bonchev–Trinajstić information content (AvgIpc) is 3.46. The molecular formula is C29H26F6N4O. The molecule has 2 fully saturated rings. The van der Waals surface area contributed by atoms with E-state index in [-0.39, 0.29) is 6.07 Å². The van der Waals surface area contributed by atoms with Gasteiger partial charge in [-0.1, -0.05) is 24.6 Å². The van der Waals surface area contributed by atoms with Gasteiger partial charge in [0.1, 0.15) is 0 Å². The number of carbonyl (C=O) groups is 1. The molecule has 5 nitrogen and oxygen atoms in total. The van der Waals surface area contributed by atoms with Gasteiger partial charge in [-0.25, -0.2) is 15.0 Å². The Kier molecular flexibility index (Phi) is 7.65. The van der Waals surface area contributed by atoms with Crippen LogP contribution in [0.4, 0.5) is 37.8 Å². The summed E-state index contributed by atoms with van der Waals surface area (Å²) in [6.45, 7) is 1.87. The lowest BCUT2D eigenvalue weighted by Gasteiger charge is -2.21. The molecule has 1 unspecified atom stereocenters. The highest BCUT2D eigenvalue weighted by Crippen LogP contribution is 2.37. The van der Waals surface area contributed by atoms with Gasteiger partial charge in [-0.2, -0.15) is 26.3 Å². The first-order valence-corrected chi connectivity index (χ1v) is 13.1. The smallest absolute Gasteiger partial charge is 0.371 e. The highest BCUT2D eigenvalue weighted by Gasteiger charge is 2.37. The average molecular weight is 561 g/mol. The van der Waals surface area contributed by atoms with E-state index in [9.17, 15) is 31.1 Å². The van der Waals surface area contributed by atoms with Gasteiger partial charge >= 0.3 is 12.4 Å². The number of carbonyl (C=O) groups excluding carboxylic acids is 1. The number of pyridine rings is 1. The van der Waals surface area contributed by atoms with E-state index in [1.54, 1.807) is 6.21 Å². The molecule has 1 atom stereocenters. The van der Waals surface area contributed by atoms with Gasteiger partial charge in [-0.15, -0.1) is 0 Å². The van der Waals surface area contributed by atoms with Crippen molar-refractivity contribution in [3.05, 3.63) is 65.2 Å².